The van der Waals surface area contributed by atoms with Crippen LogP contribution < -0.4 is 5.32 Å². The molecule has 2 fully saturated rings. The van der Waals surface area contributed by atoms with Gasteiger partial charge in [-0.1, -0.05) is 34.6 Å². The minimum Gasteiger partial charge on any atom is -0.340 e. The van der Waals surface area contributed by atoms with Crippen LogP contribution in [-0.2, 0) is 9.59 Å². The molecule has 2 amide bonds. The van der Waals surface area contributed by atoms with E-state index in [2.05, 4.69) is 19.2 Å². The first-order valence-electron chi connectivity index (χ1n) is 7.75. The van der Waals surface area contributed by atoms with Gasteiger partial charge in [0.25, 0.3) is 0 Å². The van der Waals surface area contributed by atoms with Gasteiger partial charge >= 0.3 is 0 Å². The molecule has 3 atom stereocenters. The summed E-state index contributed by atoms with van der Waals surface area (Å²) in [7, 11) is 0. The van der Waals surface area contributed by atoms with Gasteiger partial charge in [0, 0.05) is 6.54 Å². The van der Waals surface area contributed by atoms with Gasteiger partial charge in [0.15, 0.2) is 0 Å². The summed E-state index contributed by atoms with van der Waals surface area (Å²) in [6, 6.07) is -0.321. The van der Waals surface area contributed by atoms with E-state index in [1.54, 1.807) is 0 Å². The first kappa shape index (κ1) is 15.3. The summed E-state index contributed by atoms with van der Waals surface area (Å²) in [6.45, 7) is 13.0. The van der Waals surface area contributed by atoms with Crippen molar-refractivity contribution in [1.82, 2.24) is 10.2 Å². The Kier molecular flexibility index (Phi) is 3.64. The van der Waals surface area contributed by atoms with Gasteiger partial charge in [0.05, 0.1) is 0 Å². The first-order chi connectivity index (χ1) is 9.12. The number of hydrogen-bond acceptors (Lipinski definition) is 2. The van der Waals surface area contributed by atoms with Crippen LogP contribution in [0.4, 0.5) is 0 Å². The molecular formula is C16H28N2O2. The summed E-state index contributed by atoms with van der Waals surface area (Å²) in [5.41, 5.74) is -0.417. The Hall–Kier alpha value is -1.06. The Morgan fingerprint density at radius 1 is 1.30 bits per heavy atom. The Labute approximate surface area is 122 Å². The molecule has 0 aromatic heterocycles. The molecule has 0 bridgehead atoms. The standard InChI is InChI=1S/C16H28N2O2/c1-7-16(6)14(20)18(9-11-8-15(11,4)5)12(10(2)3)13(19)17-16/h10-12H,7-9H2,1-6H3,(H,17,19). The summed E-state index contributed by atoms with van der Waals surface area (Å²) in [5.74, 6) is 0.755. The third-order valence-corrected chi connectivity index (χ3v) is 5.21. The van der Waals surface area contributed by atoms with E-state index in [1.807, 2.05) is 32.6 Å². The minimum absolute atomic E-state index is 0.00223. The van der Waals surface area contributed by atoms with E-state index in [0.29, 0.717) is 17.8 Å². The smallest absolute Gasteiger partial charge is 0.248 e. The lowest BCUT2D eigenvalue weighted by Crippen LogP contribution is -2.70. The monoisotopic (exact) mass is 280 g/mol. The van der Waals surface area contributed by atoms with Crippen molar-refractivity contribution in [2.24, 2.45) is 17.3 Å². The molecule has 1 aliphatic carbocycles. The van der Waals surface area contributed by atoms with E-state index in [4.69, 9.17) is 0 Å². The second kappa shape index (κ2) is 4.74. The van der Waals surface area contributed by atoms with Gasteiger partial charge in [0.1, 0.15) is 11.6 Å². The largest absolute Gasteiger partial charge is 0.340 e. The molecule has 3 unspecified atom stereocenters. The fourth-order valence-electron chi connectivity index (χ4n) is 3.21. The molecule has 0 aromatic carbocycles. The van der Waals surface area contributed by atoms with Gasteiger partial charge < -0.3 is 10.2 Å². The summed E-state index contributed by atoms with van der Waals surface area (Å²) in [4.78, 5) is 27.1. The summed E-state index contributed by atoms with van der Waals surface area (Å²) in [6.07, 6.45) is 1.78. The molecule has 1 saturated carbocycles. The van der Waals surface area contributed by atoms with Gasteiger partial charge in [-0.15, -0.1) is 0 Å². The predicted octanol–water partition coefficient (Wildman–Crippen LogP) is 2.18. The maximum atomic E-state index is 12.8. The minimum atomic E-state index is -0.735. The number of rotatable bonds is 4. The lowest BCUT2D eigenvalue weighted by Gasteiger charge is -2.45. The van der Waals surface area contributed by atoms with Gasteiger partial charge in [-0.05, 0) is 37.0 Å². The van der Waals surface area contributed by atoms with Crippen molar-refractivity contribution < 1.29 is 9.59 Å². The fraction of sp³-hybridized carbons (Fsp3) is 0.875. The molecule has 2 rings (SSSR count). The zero-order valence-corrected chi connectivity index (χ0v) is 13.6. The molecule has 1 N–H and O–H groups in total. The Bertz CT molecular complexity index is 430. The maximum Gasteiger partial charge on any atom is 0.248 e. The Morgan fingerprint density at radius 3 is 2.25 bits per heavy atom. The lowest BCUT2D eigenvalue weighted by molar-refractivity contribution is -0.156. The Morgan fingerprint density at radius 2 is 1.85 bits per heavy atom. The SMILES string of the molecule is CCC1(C)NC(=O)C(C(C)C)N(CC2CC2(C)C)C1=O. The van der Waals surface area contributed by atoms with Gasteiger partial charge in [-0.25, -0.2) is 0 Å². The molecule has 4 heteroatoms. The first-order valence-corrected chi connectivity index (χ1v) is 7.75. The zero-order valence-electron chi connectivity index (χ0n) is 13.6. The number of amides is 2. The van der Waals surface area contributed by atoms with Crippen molar-refractivity contribution in [3.05, 3.63) is 0 Å². The molecule has 0 radical (unpaired) electrons. The molecule has 1 aliphatic heterocycles. The van der Waals surface area contributed by atoms with E-state index in [-0.39, 0.29) is 23.8 Å². The molecule has 1 saturated heterocycles. The molecule has 1 heterocycles. The van der Waals surface area contributed by atoms with Crippen LogP contribution in [0, 0.1) is 17.3 Å². The van der Waals surface area contributed by atoms with Crippen molar-refractivity contribution in [2.45, 2.75) is 66.0 Å². The van der Waals surface area contributed by atoms with Crippen molar-refractivity contribution in [3.8, 4) is 0 Å². The summed E-state index contributed by atoms with van der Waals surface area (Å²) < 4.78 is 0. The van der Waals surface area contributed by atoms with Crippen LogP contribution in [0.3, 0.4) is 0 Å². The van der Waals surface area contributed by atoms with E-state index in [9.17, 15) is 9.59 Å². The van der Waals surface area contributed by atoms with Crippen molar-refractivity contribution >= 4 is 11.8 Å². The van der Waals surface area contributed by atoms with E-state index in [0.717, 1.165) is 13.0 Å². The zero-order chi connectivity index (χ0) is 15.3. The second-order valence-corrected chi connectivity index (χ2v) is 7.71. The summed E-state index contributed by atoms with van der Waals surface area (Å²) in [5, 5.41) is 2.94. The van der Waals surface area contributed by atoms with Crippen LogP contribution in [0.15, 0.2) is 0 Å². The summed E-state index contributed by atoms with van der Waals surface area (Å²) >= 11 is 0. The van der Waals surface area contributed by atoms with Crippen molar-refractivity contribution in [3.63, 3.8) is 0 Å². The van der Waals surface area contributed by atoms with Crippen molar-refractivity contribution in [2.75, 3.05) is 6.54 Å². The fourth-order valence-corrected chi connectivity index (χ4v) is 3.21. The highest BCUT2D eigenvalue weighted by atomic mass is 16.2. The van der Waals surface area contributed by atoms with Crippen LogP contribution in [0.25, 0.3) is 0 Å². The normalized spacial score (nSPS) is 36.2. The molecular weight excluding hydrogens is 252 g/mol. The van der Waals surface area contributed by atoms with Crippen LogP contribution in [0.1, 0.15) is 54.4 Å². The molecule has 0 aromatic rings. The van der Waals surface area contributed by atoms with E-state index >= 15 is 0 Å². The molecule has 2 aliphatic rings. The highest BCUT2D eigenvalue weighted by Crippen LogP contribution is 2.52. The quantitative estimate of drug-likeness (QED) is 0.858. The number of piperazine rings is 1. The highest BCUT2D eigenvalue weighted by Gasteiger charge is 2.53. The molecule has 0 spiro atoms. The maximum absolute atomic E-state index is 12.8. The second-order valence-electron chi connectivity index (χ2n) is 7.71. The van der Waals surface area contributed by atoms with Crippen LogP contribution in [-0.4, -0.2) is 34.8 Å². The number of nitrogens with zero attached hydrogens (tertiary/aromatic N) is 1. The topological polar surface area (TPSA) is 49.4 Å². The average Bonchev–Trinajstić information content (AvgIpc) is 2.92. The van der Waals surface area contributed by atoms with Crippen LogP contribution in [0.5, 0.6) is 0 Å². The lowest BCUT2D eigenvalue weighted by atomic mass is 9.88. The van der Waals surface area contributed by atoms with E-state index in [1.165, 1.54) is 0 Å². The van der Waals surface area contributed by atoms with Gasteiger partial charge in [-0.3, -0.25) is 9.59 Å². The van der Waals surface area contributed by atoms with Gasteiger partial charge in [0.2, 0.25) is 11.8 Å². The third kappa shape index (κ3) is 2.45. The van der Waals surface area contributed by atoms with Gasteiger partial charge in [-0.2, -0.15) is 0 Å². The third-order valence-electron chi connectivity index (χ3n) is 5.21. The number of nitrogens with one attached hydrogen (secondary N) is 1. The van der Waals surface area contributed by atoms with Crippen LogP contribution in [0.2, 0.25) is 0 Å². The molecule has 20 heavy (non-hydrogen) atoms. The van der Waals surface area contributed by atoms with Crippen LogP contribution >= 0.6 is 0 Å². The number of carbonyl (C=O) groups is 2. The van der Waals surface area contributed by atoms with E-state index < -0.39 is 5.54 Å². The Balaban J connectivity index is 2.25. The predicted molar refractivity (Wildman–Crippen MR) is 79.1 cm³/mol. The number of carbonyl (C=O) groups excluding carboxylic acids is 2. The average molecular weight is 280 g/mol. The number of hydrogen-bond donors (Lipinski definition) is 1. The molecule has 114 valence electrons. The molecule has 4 nitrogen and oxygen atoms in total. The highest BCUT2D eigenvalue weighted by molar-refractivity contribution is 5.99. The van der Waals surface area contributed by atoms with Crippen molar-refractivity contribution in [1.29, 1.82) is 0 Å².